The summed E-state index contributed by atoms with van der Waals surface area (Å²) in [6.07, 6.45) is 1.42. The summed E-state index contributed by atoms with van der Waals surface area (Å²) in [6, 6.07) is 10.0. The highest BCUT2D eigenvalue weighted by atomic mass is 16.2. The van der Waals surface area contributed by atoms with E-state index < -0.39 is 11.8 Å². The van der Waals surface area contributed by atoms with Crippen LogP contribution in [0.25, 0.3) is 10.8 Å². The van der Waals surface area contributed by atoms with Crippen LogP contribution in [-0.4, -0.2) is 26.6 Å². The Labute approximate surface area is 148 Å². The van der Waals surface area contributed by atoms with Crippen LogP contribution < -0.4 is 16.4 Å². The van der Waals surface area contributed by atoms with E-state index in [-0.39, 0.29) is 11.3 Å². The number of rotatable bonds is 3. The molecule has 2 amide bonds. The number of carbonyl (C=O) groups is 2. The van der Waals surface area contributed by atoms with Gasteiger partial charge in [0.25, 0.3) is 17.4 Å². The summed E-state index contributed by atoms with van der Waals surface area (Å²) in [6.45, 7) is 3.89. The summed E-state index contributed by atoms with van der Waals surface area (Å²) in [5.74, 6) is -1.12. The molecule has 0 radical (unpaired) electrons. The minimum atomic E-state index is -0.614. The van der Waals surface area contributed by atoms with Crippen LogP contribution in [-0.2, 0) is 6.54 Å². The molecule has 0 fully saturated rings. The van der Waals surface area contributed by atoms with Crippen LogP contribution in [0.4, 0.5) is 0 Å². The van der Waals surface area contributed by atoms with Gasteiger partial charge in [0.05, 0.1) is 10.9 Å². The lowest BCUT2D eigenvalue weighted by Gasteiger charge is -2.11. The Kier molecular flexibility index (Phi) is 4.74. The lowest BCUT2D eigenvalue weighted by Crippen LogP contribution is -2.42. The fraction of sp³-hybridized carbons (Fsp3) is 0.167. The number of hydrogen-bond donors (Lipinski definition) is 2. The molecule has 2 heterocycles. The Bertz CT molecular complexity index is 1040. The van der Waals surface area contributed by atoms with Crippen LogP contribution in [0.5, 0.6) is 0 Å². The quantitative estimate of drug-likeness (QED) is 0.690. The standard InChI is InChI=1S/C18H17N5O3/c1-3-23-18(26)14-7-5-4-6-13(14)15(22-23)17(25)21-20-16(24)12-9-8-11(2)19-10-12/h4-10H,3H2,1-2H3,(H,20,24)(H,21,25). The van der Waals surface area contributed by atoms with Crippen molar-refractivity contribution < 1.29 is 9.59 Å². The van der Waals surface area contributed by atoms with Crippen molar-refractivity contribution in [2.24, 2.45) is 0 Å². The Morgan fingerprint density at radius 3 is 2.38 bits per heavy atom. The maximum atomic E-state index is 12.5. The molecule has 0 saturated carbocycles. The number of carbonyl (C=O) groups excluding carboxylic acids is 2. The van der Waals surface area contributed by atoms with Gasteiger partial charge in [0.1, 0.15) is 0 Å². The molecule has 0 bridgehead atoms. The average molecular weight is 351 g/mol. The monoisotopic (exact) mass is 351 g/mol. The van der Waals surface area contributed by atoms with Gasteiger partial charge in [-0.05, 0) is 32.0 Å². The summed E-state index contributed by atoms with van der Waals surface area (Å²) in [5.41, 5.74) is 5.54. The minimum Gasteiger partial charge on any atom is -0.267 e. The first-order chi connectivity index (χ1) is 12.5. The zero-order valence-electron chi connectivity index (χ0n) is 14.3. The molecule has 0 aliphatic rings. The van der Waals surface area contributed by atoms with E-state index >= 15 is 0 Å². The van der Waals surface area contributed by atoms with Gasteiger partial charge in [0.15, 0.2) is 5.69 Å². The Hall–Kier alpha value is -3.55. The number of amides is 2. The summed E-state index contributed by atoms with van der Waals surface area (Å²) in [7, 11) is 0. The molecule has 3 rings (SSSR count). The second-order valence-electron chi connectivity index (χ2n) is 5.61. The Morgan fingerprint density at radius 2 is 1.73 bits per heavy atom. The van der Waals surface area contributed by atoms with Crippen LogP contribution in [0.3, 0.4) is 0 Å². The highest BCUT2D eigenvalue weighted by Crippen LogP contribution is 2.13. The van der Waals surface area contributed by atoms with Crippen molar-refractivity contribution in [3.63, 3.8) is 0 Å². The molecular formula is C18H17N5O3. The van der Waals surface area contributed by atoms with Crippen molar-refractivity contribution in [1.82, 2.24) is 25.6 Å². The zero-order chi connectivity index (χ0) is 18.7. The SMILES string of the molecule is CCn1nc(C(=O)NNC(=O)c2ccc(C)nc2)c2ccccc2c1=O. The van der Waals surface area contributed by atoms with Crippen molar-refractivity contribution in [3.8, 4) is 0 Å². The fourth-order valence-corrected chi connectivity index (χ4v) is 2.46. The second-order valence-corrected chi connectivity index (χ2v) is 5.61. The molecule has 8 nitrogen and oxygen atoms in total. The highest BCUT2D eigenvalue weighted by molar-refractivity contribution is 6.05. The van der Waals surface area contributed by atoms with Gasteiger partial charge in [-0.25, -0.2) is 4.68 Å². The molecule has 0 atom stereocenters. The molecule has 0 aliphatic carbocycles. The number of fused-ring (bicyclic) bond motifs is 1. The fourth-order valence-electron chi connectivity index (χ4n) is 2.46. The number of aryl methyl sites for hydroxylation is 2. The van der Waals surface area contributed by atoms with Gasteiger partial charge in [0, 0.05) is 23.8 Å². The number of benzene rings is 1. The van der Waals surface area contributed by atoms with Gasteiger partial charge < -0.3 is 0 Å². The first-order valence-electron chi connectivity index (χ1n) is 8.04. The van der Waals surface area contributed by atoms with E-state index in [1.54, 1.807) is 43.3 Å². The van der Waals surface area contributed by atoms with Crippen LogP contribution in [0, 0.1) is 6.92 Å². The first kappa shape index (κ1) is 17.3. The van der Waals surface area contributed by atoms with E-state index in [1.165, 1.54) is 10.9 Å². The molecule has 8 heteroatoms. The molecule has 2 aromatic heterocycles. The molecular weight excluding hydrogens is 334 g/mol. The number of pyridine rings is 1. The smallest absolute Gasteiger partial charge is 0.267 e. The third-order valence-corrected chi connectivity index (χ3v) is 3.85. The van der Waals surface area contributed by atoms with Crippen molar-refractivity contribution >= 4 is 22.6 Å². The number of nitrogens with one attached hydrogen (secondary N) is 2. The van der Waals surface area contributed by atoms with Crippen molar-refractivity contribution in [2.45, 2.75) is 20.4 Å². The summed E-state index contributed by atoms with van der Waals surface area (Å²) in [4.78, 5) is 40.9. The molecule has 0 unspecified atom stereocenters. The third-order valence-electron chi connectivity index (χ3n) is 3.85. The molecule has 3 aromatic rings. The normalized spacial score (nSPS) is 10.5. The zero-order valence-corrected chi connectivity index (χ0v) is 14.3. The molecule has 132 valence electrons. The van der Waals surface area contributed by atoms with Gasteiger partial charge >= 0.3 is 0 Å². The maximum Gasteiger partial charge on any atom is 0.290 e. The maximum absolute atomic E-state index is 12.5. The number of hydrazine groups is 1. The Morgan fingerprint density at radius 1 is 1.04 bits per heavy atom. The second kappa shape index (κ2) is 7.14. The highest BCUT2D eigenvalue weighted by Gasteiger charge is 2.17. The van der Waals surface area contributed by atoms with Gasteiger partial charge in [-0.3, -0.25) is 30.2 Å². The van der Waals surface area contributed by atoms with E-state index in [0.29, 0.717) is 22.9 Å². The Balaban J connectivity index is 1.86. The summed E-state index contributed by atoms with van der Waals surface area (Å²) in [5, 5.41) is 4.92. The van der Waals surface area contributed by atoms with E-state index in [1.807, 2.05) is 6.92 Å². The average Bonchev–Trinajstić information content (AvgIpc) is 2.67. The molecule has 1 aromatic carbocycles. The van der Waals surface area contributed by atoms with Crippen molar-refractivity contribution in [2.75, 3.05) is 0 Å². The molecule has 0 spiro atoms. The van der Waals surface area contributed by atoms with Crippen LogP contribution in [0.15, 0.2) is 47.4 Å². The van der Waals surface area contributed by atoms with Gasteiger partial charge in [0.2, 0.25) is 0 Å². The van der Waals surface area contributed by atoms with Gasteiger partial charge in [-0.1, -0.05) is 18.2 Å². The summed E-state index contributed by atoms with van der Waals surface area (Å²) < 4.78 is 1.21. The lowest BCUT2D eigenvalue weighted by atomic mass is 10.1. The molecule has 2 N–H and O–H groups in total. The van der Waals surface area contributed by atoms with E-state index in [2.05, 4.69) is 20.9 Å². The third kappa shape index (κ3) is 3.30. The minimum absolute atomic E-state index is 0.0596. The lowest BCUT2D eigenvalue weighted by molar-refractivity contribution is 0.0843. The largest absolute Gasteiger partial charge is 0.290 e. The molecule has 0 aliphatic heterocycles. The van der Waals surface area contributed by atoms with E-state index in [0.717, 1.165) is 5.69 Å². The molecule has 26 heavy (non-hydrogen) atoms. The predicted octanol–water partition coefficient (Wildman–Crippen LogP) is 1.19. The van der Waals surface area contributed by atoms with Crippen molar-refractivity contribution in [3.05, 3.63) is 69.9 Å². The van der Waals surface area contributed by atoms with Gasteiger partial charge in [-0.2, -0.15) is 5.10 Å². The number of hydrogen-bond acceptors (Lipinski definition) is 5. The first-order valence-corrected chi connectivity index (χ1v) is 8.04. The van der Waals surface area contributed by atoms with Gasteiger partial charge in [-0.15, -0.1) is 0 Å². The summed E-state index contributed by atoms with van der Waals surface area (Å²) >= 11 is 0. The van der Waals surface area contributed by atoms with E-state index in [9.17, 15) is 14.4 Å². The predicted molar refractivity (Wildman–Crippen MR) is 95.6 cm³/mol. The van der Waals surface area contributed by atoms with E-state index in [4.69, 9.17) is 0 Å². The number of nitrogens with zero attached hydrogens (tertiary/aromatic N) is 3. The topological polar surface area (TPSA) is 106 Å². The van der Waals surface area contributed by atoms with Crippen LogP contribution in [0.2, 0.25) is 0 Å². The molecule has 0 saturated heterocycles. The van der Waals surface area contributed by atoms with Crippen LogP contribution >= 0.6 is 0 Å². The van der Waals surface area contributed by atoms with Crippen molar-refractivity contribution in [1.29, 1.82) is 0 Å². The van der Waals surface area contributed by atoms with Crippen LogP contribution in [0.1, 0.15) is 33.5 Å². The number of aromatic nitrogens is 3.